The van der Waals surface area contributed by atoms with E-state index in [0.717, 1.165) is 11.6 Å². The SMILES string of the molecule is Cc1ccc(NC(=O)c2ccc(Cl)o2)cc1C=CC(=O)O. The van der Waals surface area contributed by atoms with Gasteiger partial charge in [0.25, 0.3) is 5.91 Å². The van der Waals surface area contributed by atoms with Crippen molar-refractivity contribution < 1.29 is 19.1 Å². The van der Waals surface area contributed by atoms with Crippen LogP contribution in [0.3, 0.4) is 0 Å². The van der Waals surface area contributed by atoms with E-state index in [0.29, 0.717) is 11.3 Å². The van der Waals surface area contributed by atoms with Crippen LogP contribution in [0.5, 0.6) is 0 Å². The highest BCUT2D eigenvalue weighted by Crippen LogP contribution is 2.19. The van der Waals surface area contributed by atoms with Crippen molar-refractivity contribution in [1.82, 2.24) is 0 Å². The topological polar surface area (TPSA) is 79.5 Å². The molecule has 0 radical (unpaired) electrons. The molecule has 6 heteroatoms. The second-order valence-corrected chi connectivity index (χ2v) is 4.67. The summed E-state index contributed by atoms with van der Waals surface area (Å²) in [5, 5.41) is 11.4. The summed E-state index contributed by atoms with van der Waals surface area (Å²) in [7, 11) is 0. The van der Waals surface area contributed by atoms with Crippen molar-refractivity contribution in [3.05, 3.63) is 58.5 Å². The third-order valence-electron chi connectivity index (χ3n) is 2.74. The Balaban J connectivity index is 2.19. The van der Waals surface area contributed by atoms with Crippen LogP contribution in [0.15, 0.2) is 40.8 Å². The van der Waals surface area contributed by atoms with Gasteiger partial charge in [0.15, 0.2) is 11.0 Å². The van der Waals surface area contributed by atoms with E-state index in [9.17, 15) is 9.59 Å². The molecule has 2 rings (SSSR count). The number of halogens is 1. The Hall–Kier alpha value is -2.53. The predicted molar refractivity (Wildman–Crippen MR) is 79.5 cm³/mol. The molecule has 0 aliphatic rings. The minimum absolute atomic E-state index is 0.100. The number of carbonyl (C=O) groups excluding carboxylic acids is 1. The molecule has 2 N–H and O–H groups in total. The molecule has 5 nitrogen and oxygen atoms in total. The molecule has 108 valence electrons. The molecule has 0 saturated heterocycles. The van der Waals surface area contributed by atoms with Crippen molar-refractivity contribution in [3.63, 3.8) is 0 Å². The molecule has 0 aliphatic carbocycles. The first-order valence-corrected chi connectivity index (χ1v) is 6.42. The molecular weight excluding hydrogens is 294 g/mol. The van der Waals surface area contributed by atoms with Gasteiger partial charge in [0.2, 0.25) is 0 Å². The van der Waals surface area contributed by atoms with Crippen molar-refractivity contribution in [1.29, 1.82) is 0 Å². The van der Waals surface area contributed by atoms with Crippen LogP contribution in [-0.4, -0.2) is 17.0 Å². The average molecular weight is 306 g/mol. The lowest BCUT2D eigenvalue weighted by Crippen LogP contribution is -2.10. The zero-order chi connectivity index (χ0) is 15.4. The summed E-state index contributed by atoms with van der Waals surface area (Å²) in [6.45, 7) is 1.85. The number of furan rings is 1. The minimum atomic E-state index is -1.03. The monoisotopic (exact) mass is 305 g/mol. The summed E-state index contributed by atoms with van der Waals surface area (Å²) in [6.07, 6.45) is 2.51. The maximum Gasteiger partial charge on any atom is 0.328 e. The van der Waals surface area contributed by atoms with Gasteiger partial charge in [-0.15, -0.1) is 0 Å². The molecule has 0 atom stereocenters. The van der Waals surface area contributed by atoms with E-state index in [4.69, 9.17) is 21.1 Å². The number of nitrogens with one attached hydrogen (secondary N) is 1. The first kappa shape index (κ1) is 14.9. The molecular formula is C15H12ClNO4. The lowest BCUT2D eigenvalue weighted by molar-refractivity contribution is -0.131. The van der Waals surface area contributed by atoms with Gasteiger partial charge in [-0.2, -0.15) is 0 Å². The Morgan fingerprint density at radius 1 is 1.29 bits per heavy atom. The summed E-state index contributed by atoms with van der Waals surface area (Å²) in [5.41, 5.74) is 2.13. The highest BCUT2D eigenvalue weighted by Gasteiger charge is 2.11. The number of aliphatic carboxylic acids is 1. The van der Waals surface area contributed by atoms with Gasteiger partial charge < -0.3 is 14.8 Å². The first-order valence-electron chi connectivity index (χ1n) is 6.04. The fourth-order valence-corrected chi connectivity index (χ4v) is 1.83. The number of anilines is 1. The molecule has 0 bridgehead atoms. The molecule has 0 unspecified atom stereocenters. The molecule has 0 aliphatic heterocycles. The number of rotatable bonds is 4. The molecule has 0 saturated carbocycles. The lowest BCUT2D eigenvalue weighted by Gasteiger charge is -2.06. The zero-order valence-electron chi connectivity index (χ0n) is 11.1. The van der Waals surface area contributed by atoms with Crippen LogP contribution in [0.1, 0.15) is 21.7 Å². The second-order valence-electron chi connectivity index (χ2n) is 4.30. The van der Waals surface area contributed by atoms with Gasteiger partial charge in [0.05, 0.1) is 0 Å². The van der Waals surface area contributed by atoms with E-state index in [1.165, 1.54) is 18.2 Å². The number of hydrogen-bond acceptors (Lipinski definition) is 3. The van der Waals surface area contributed by atoms with E-state index < -0.39 is 11.9 Å². The Labute approximate surface area is 125 Å². The van der Waals surface area contributed by atoms with Crippen LogP contribution < -0.4 is 5.32 Å². The van der Waals surface area contributed by atoms with Crippen molar-refractivity contribution >= 4 is 35.2 Å². The maximum atomic E-state index is 11.9. The van der Waals surface area contributed by atoms with Gasteiger partial charge in [-0.3, -0.25) is 4.79 Å². The number of carbonyl (C=O) groups is 2. The van der Waals surface area contributed by atoms with E-state index >= 15 is 0 Å². The summed E-state index contributed by atoms with van der Waals surface area (Å²) in [6, 6.07) is 8.13. The van der Waals surface area contributed by atoms with E-state index in [-0.39, 0.29) is 11.0 Å². The fourth-order valence-electron chi connectivity index (χ4n) is 1.69. The van der Waals surface area contributed by atoms with Crippen molar-refractivity contribution in [3.8, 4) is 0 Å². The van der Waals surface area contributed by atoms with Crippen LogP contribution in [0, 0.1) is 6.92 Å². The van der Waals surface area contributed by atoms with Gasteiger partial charge in [-0.1, -0.05) is 6.07 Å². The largest absolute Gasteiger partial charge is 0.478 e. The summed E-state index contributed by atoms with van der Waals surface area (Å²) < 4.78 is 5.01. The zero-order valence-corrected chi connectivity index (χ0v) is 11.8. The van der Waals surface area contributed by atoms with Gasteiger partial charge >= 0.3 is 5.97 Å². The quantitative estimate of drug-likeness (QED) is 0.846. The standard InChI is InChI=1S/C15H12ClNO4/c1-9-2-4-11(8-10(9)3-7-14(18)19)17-15(20)12-5-6-13(16)21-12/h2-8H,1H3,(H,17,20)(H,18,19). The molecule has 0 spiro atoms. The number of benzene rings is 1. The van der Waals surface area contributed by atoms with Crippen LogP contribution >= 0.6 is 11.6 Å². The van der Waals surface area contributed by atoms with E-state index in [1.54, 1.807) is 18.2 Å². The average Bonchev–Trinajstić information content (AvgIpc) is 2.86. The van der Waals surface area contributed by atoms with Gasteiger partial charge in [0.1, 0.15) is 0 Å². The van der Waals surface area contributed by atoms with Crippen LogP contribution in [-0.2, 0) is 4.79 Å². The third kappa shape index (κ3) is 3.97. The van der Waals surface area contributed by atoms with E-state index in [1.807, 2.05) is 6.92 Å². The molecule has 1 amide bonds. The number of carboxylic acid groups (broad SMARTS) is 1. The molecule has 1 aromatic heterocycles. The Bertz CT molecular complexity index is 718. The second kappa shape index (κ2) is 6.28. The van der Waals surface area contributed by atoms with Gasteiger partial charge in [-0.25, -0.2) is 4.79 Å². The fraction of sp³-hybridized carbons (Fsp3) is 0.0667. The third-order valence-corrected chi connectivity index (χ3v) is 2.94. The minimum Gasteiger partial charge on any atom is -0.478 e. The molecule has 1 heterocycles. The summed E-state index contributed by atoms with van der Waals surface area (Å²) in [5.74, 6) is -1.36. The van der Waals surface area contributed by atoms with Crippen LogP contribution in [0.2, 0.25) is 5.22 Å². The Morgan fingerprint density at radius 2 is 2.05 bits per heavy atom. The molecule has 2 aromatic rings. The number of amides is 1. The first-order chi connectivity index (χ1) is 9.95. The smallest absolute Gasteiger partial charge is 0.328 e. The number of hydrogen-bond donors (Lipinski definition) is 2. The van der Waals surface area contributed by atoms with Gasteiger partial charge in [-0.05, 0) is 60.0 Å². The molecule has 1 aromatic carbocycles. The maximum absolute atomic E-state index is 11.9. The van der Waals surface area contributed by atoms with Crippen LogP contribution in [0.4, 0.5) is 5.69 Å². The molecule has 0 fully saturated rings. The summed E-state index contributed by atoms with van der Waals surface area (Å²) >= 11 is 5.61. The predicted octanol–water partition coefficient (Wildman–Crippen LogP) is 3.59. The normalized spacial score (nSPS) is 10.8. The van der Waals surface area contributed by atoms with Crippen molar-refractivity contribution in [2.24, 2.45) is 0 Å². The van der Waals surface area contributed by atoms with Crippen molar-refractivity contribution in [2.45, 2.75) is 6.92 Å². The molecule has 21 heavy (non-hydrogen) atoms. The Morgan fingerprint density at radius 3 is 2.67 bits per heavy atom. The van der Waals surface area contributed by atoms with Crippen LogP contribution in [0.25, 0.3) is 6.08 Å². The highest BCUT2D eigenvalue weighted by atomic mass is 35.5. The lowest BCUT2D eigenvalue weighted by atomic mass is 10.1. The Kier molecular flexibility index (Phi) is 4.45. The highest BCUT2D eigenvalue weighted by molar-refractivity contribution is 6.29. The van der Waals surface area contributed by atoms with E-state index in [2.05, 4.69) is 5.32 Å². The summed E-state index contributed by atoms with van der Waals surface area (Å²) in [4.78, 5) is 22.5. The van der Waals surface area contributed by atoms with Gasteiger partial charge in [0, 0.05) is 11.8 Å². The number of aryl methyl sites for hydroxylation is 1. The number of carboxylic acids is 1. The van der Waals surface area contributed by atoms with Crippen molar-refractivity contribution in [2.75, 3.05) is 5.32 Å².